The number of nitrogens with one attached hydrogen (secondary N) is 1. The van der Waals surface area contributed by atoms with Crippen LogP contribution in [0, 0.1) is 0 Å². The number of benzene rings is 2. The molecule has 2 aliphatic heterocycles. The van der Waals surface area contributed by atoms with Crippen molar-refractivity contribution < 1.29 is 17.9 Å². The zero-order valence-corrected chi connectivity index (χ0v) is 20.4. The first kappa shape index (κ1) is 24.7. The zero-order chi connectivity index (χ0) is 23.8. The number of hydrogen-bond acceptors (Lipinski definition) is 6. The predicted octanol–water partition coefficient (Wildman–Crippen LogP) is 1.58. The highest BCUT2D eigenvalue weighted by Gasteiger charge is 2.26. The third-order valence-corrected chi connectivity index (χ3v) is 8.33. The minimum atomic E-state index is -3.49. The average molecular weight is 487 g/mol. The Morgan fingerprint density at radius 2 is 1.56 bits per heavy atom. The van der Waals surface area contributed by atoms with Crippen molar-refractivity contribution in [3.05, 3.63) is 60.2 Å². The first-order valence-corrected chi connectivity index (χ1v) is 13.4. The van der Waals surface area contributed by atoms with E-state index in [1.54, 1.807) is 24.3 Å². The van der Waals surface area contributed by atoms with Crippen LogP contribution < -0.4 is 10.2 Å². The number of nitrogens with zero attached hydrogens (tertiary/aromatic N) is 3. The number of rotatable bonds is 9. The van der Waals surface area contributed by atoms with Gasteiger partial charge in [-0.1, -0.05) is 30.3 Å². The van der Waals surface area contributed by atoms with Gasteiger partial charge in [0.1, 0.15) is 0 Å². The van der Waals surface area contributed by atoms with Gasteiger partial charge in [0.2, 0.25) is 15.9 Å². The molecule has 2 heterocycles. The summed E-state index contributed by atoms with van der Waals surface area (Å²) in [7, 11) is -3.49. The van der Waals surface area contributed by atoms with Gasteiger partial charge in [0.15, 0.2) is 0 Å². The number of ether oxygens (including phenoxy) is 1. The normalized spacial score (nSPS) is 18.1. The first-order valence-electron chi connectivity index (χ1n) is 12.0. The Kier molecular flexibility index (Phi) is 8.55. The molecule has 1 N–H and O–H groups in total. The number of aryl methyl sites for hydroxylation is 1. The molecule has 0 atom stereocenters. The molecular formula is C25H34N4O4S. The number of para-hydroxylation sites is 1. The lowest BCUT2D eigenvalue weighted by Crippen LogP contribution is -2.48. The molecule has 0 aliphatic carbocycles. The van der Waals surface area contributed by atoms with Crippen molar-refractivity contribution in [1.82, 2.24) is 14.5 Å². The van der Waals surface area contributed by atoms with Crippen LogP contribution >= 0.6 is 0 Å². The second kappa shape index (κ2) is 11.8. The maximum absolute atomic E-state index is 12.7. The Balaban J connectivity index is 1.14. The van der Waals surface area contributed by atoms with Gasteiger partial charge in [0, 0.05) is 64.5 Å². The number of anilines is 1. The minimum Gasteiger partial charge on any atom is -0.379 e. The molecule has 0 spiro atoms. The van der Waals surface area contributed by atoms with E-state index in [0.717, 1.165) is 38.3 Å². The van der Waals surface area contributed by atoms with Crippen LogP contribution in [0.4, 0.5) is 5.69 Å². The number of piperazine rings is 1. The van der Waals surface area contributed by atoms with Crippen molar-refractivity contribution in [2.75, 3.05) is 70.5 Å². The van der Waals surface area contributed by atoms with Gasteiger partial charge in [-0.05, 0) is 36.2 Å². The molecule has 34 heavy (non-hydrogen) atoms. The molecule has 0 radical (unpaired) electrons. The number of hydrogen-bond donors (Lipinski definition) is 1. The van der Waals surface area contributed by atoms with Gasteiger partial charge >= 0.3 is 0 Å². The van der Waals surface area contributed by atoms with Crippen molar-refractivity contribution in [3.63, 3.8) is 0 Å². The monoisotopic (exact) mass is 486 g/mol. The molecule has 184 valence electrons. The van der Waals surface area contributed by atoms with Crippen molar-refractivity contribution in [2.45, 2.75) is 17.7 Å². The molecule has 4 rings (SSSR count). The van der Waals surface area contributed by atoms with Crippen LogP contribution in [0.5, 0.6) is 0 Å². The van der Waals surface area contributed by atoms with E-state index in [-0.39, 0.29) is 10.8 Å². The van der Waals surface area contributed by atoms with E-state index in [1.807, 2.05) is 6.07 Å². The fourth-order valence-corrected chi connectivity index (χ4v) is 5.74. The fourth-order valence-electron chi connectivity index (χ4n) is 4.33. The molecule has 0 saturated carbocycles. The molecule has 1 amide bonds. The summed E-state index contributed by atoms with van der Waals surface area (Å²) in [6.45, 7) is 7.08. The summed E-state index contributed by atoms with van der Waals surface area (Å²) >= 11 is 0. The number of morpholine rings is 1. The Labute approximate surface area is 202 Å². The van der Waals surface area contributed by atoms with E-state index in [2.05, 4.69) is 39.4 Å². The van der Waals surface area contributed by atoms with Crippen molar-refractivity contribution >= 4 is 21.6 Å². The SMILES string of the molecule is O=C(CCc1ccc(S(=O)(=O)N2CCOCC2)cc1)NCCN1CCN(c2ccccc2)CC1. The summed E-state index contributed by atoms with van der Waals surface area (Å²) in [5.74, 6) is 0.0212. The molecule has 2 fully saturated rings. The summed E-state index contributed by atoms with van der Waals surface area (Å²) in [6.07, 6.45) is 0.969. The largest absolute Gasteiger partial charge is 0.379 e. The van der Waals surface area contributed by atoms with Crippen molar-refractivity contribution in [2.24, 2.45) is 0 Å². The maximum Gasteiger partial charge on any atom is 0.243 e. The lowest BCUT2D eigenvalue weighted by atomic mass is 10.1. The fraction of sp³-hybridized carbons (Fsp3) is 0.480. The minimum absolute atomic E-state index is 0.0212. The molecule has 0 bridgehead atoms. The van der Waals surface area contributed by atoms with Gasteiger partial charge in [0.25, 0.3) is 0 Å². The second-order valence-electron chi connectivity index (χ2n) is 8.67. The molecule has 2 aromatic rings. The van der Waals surface area contributed by atoms with Crippen LogP contribution in [0.3, 0.4) is 0 Å². The average Bonchev–Trinajstić information content (AvgIpc) is 2.89. The highest BCUT2D eigenvalue weighted by molar-refractivity contribution is 7.89. The predicted molar refractivity (Wildman–Crippen MR) is 132 cm³/mol. The first-order chi connectivity index (χ1) is 16.5. The van der Waals surface area contributed by atoms with E-state index in [4.69, 9.17) is 4.74 Å². The molecule has 8 nitrogen and oxygen atoms in total. The Morgan fingerprint density at radius 3 is 2.24 bits per heavy atom. The summed E-state index contributed by atoms with van der Waals surface area (Å²) in [5.41, 5.74) is 2.22. The van der Waals surface area contributed by atoms with E-state index >= 15 is 0 Å². The van der Waals surface area contributed by atoms with Crippen LogP contribution in [0.2, 0.25) is 0 Å². The highest BCUT2D eigenvalue weighted by atomic mass is 32.2. The number of carbonyl (C=O) groups is 1. The standard InChI is InChI=1S/C25H34N4O4S/c30-25(26-12-13-27-14-16-28(17-15-27)23-4-2-1-3-5-23)11-8-22-6-9-24(10-7-22)34(31,32)29-18-20-33-21-19-29/h1-7,9-10H,8,11-21H2,(H,26,30). The third kappa shape index (κ3) is 6.56. The molecule has 0 aromatic heterocycles. The van der Waals surface area contributed by atoms with E-state index in [0.29, 0.717) is 45.7 Å². The van der Waals surface area contributed by atoms with Crippen molar-refractivity contribution in [3.8, 4) is 0 Å². The van der Waals surface area contributed by atoms with Crippen LogP contribution in [-0.4, -0.2) is 89.1 Å². The maximum atomic E-state index is 12.7. The summed E-state index contributed by atoms with van der Waals surface area (Å²) < 4.78 is 32.1. The lowest BCUT2D eigenvalue weighted by molar-refractivity contribution is -0.121. The van der Waals surface area contributed by atoms with Crippen LogP contribution in [0.25, 0.3) is 0 Å². The zero-order valence-electron chi connectivity index (χ0n) is 19.6. The topological polar surface area (TPSA) is 82.2 Å². The molecule has 0 unspecified atom stereocenters. The second-order valence-corrected chi connectivity index (χ2v) is 10.6. The smallest absolute Gasteiger partial charge is 0.243 e. The van der Waals surface area contributed by atoms with E-state index in [1.165, 1.54) is 9.99 Å². The number of amides is 1. The van der Waals surface area contributed by atoms with Gasteiger partial charge < -0.3 is 15.0 Å². The number of sulfonamides is 1. The summed E-state index contributed by atoms with van der Waals surface area (Å²) in [4.78, 5) is 17.3. The summed E-state index contributed by atoms with van der Waals surface area (Å²) in [6, 6.07) is 17.3. The quantitative estimate of drug-likeness (QED) is 0.580. The molecular weight excluding hydrogens is 452 g/mol. The summed E-state index contributed by atoms with van der Waals surface area (Å²) in [5, 5.41) is 3.01. The number of carbonyl (C=O) groups excluding carboxylic acids is 1. The van der Waals surface area contributed by atoms with Gasteiger partial charge in [-0.15, -0.1) is 0 Å². The van der Waals surface area contributed by atoms with E-state index in [9.17, 15) is 13.2 Å². The molecule has 2 saturated heterocycles. The van der Waals surface area contributed by atoms with Crippen LogP contribution in [-0.2, 0) is 26.0 Å². The van der Waals surface area contributed by atoms with E-state index < -0.39 is 10.0 Å². The third-order valence-electron chi connectivity index (χ3n) is 6.42. The van der Waals surface area contributed by atoms with Crippen molar-refractivity contribution in [1.29, 1.82) is 0 Å². The van der Waals surface area contributed by atoms with Crippen LogP contribution in [0.1, 0.15) is 12.0 Å². The van der Waals surface area contributed by atoms with Gasteiger partial charge in [-0.25, -0.2) is 8.42 Å². The Hall–Kier alpha value is -2.46. The Bertz CT molecular complexity index is 1020. The highest BCUT2D eigenvalue weighted by Crippen LogP contribution is 2.18. The molecule has 9 heteroatoms. The Morgan fingerprint density at radius 1 is 0.882 bits per heavy atom. The van der Waals surface area contributed by atoms with Gasteiger partial charge in [-0.3, -0.25) is 9.69 Å². The van der Waals surface area contributed by atoms with Crippen LogP contribution in [0.15, 0.2) is 59.5 Å². The lowest BCUT2D eigenvalue weighted by Gasteiger charge is -2.36. The molecule has 2 aromatic carbocycles. The van der Waals surface area contributed by atoms with Gasteiger partial charge in [0.05, 0.1) is 18.1 Å². The van der Waals surface area contributed by atoms with Gasteiger partial charge in [-0.2, -0.15) is 4.31 Å². The molecule has 2 aliphatic rings.